The van der Waals surface area contributed by atoms with Gasteiger partial charge in [0.25, 0.3) is 0 Å². The van der Waals surface area contributed by atoms with Crippen LogP contribution >= 0.6 is 0 Å². The minimum absolute atomic E-state index is 0.492. The molecule has 1 nitrogen and oxygen atoms in total. The molecule has 0 fully saturated rings. The Morgan fingerprint density at radius 3 is 1.88 bits per heavy atom. The predicted octanol–water partition coefficient (Wildman–Crippen LogP) is 8.22. The summed E-state index contributed by atoms with van der Waals surface area (Å²) in [4.78, 5) is 0. The van der Waals surface area contributed by atoms with E-state index in [-0.39, 0.29) is 0 Å². The molecule has 0 aliphatic heterocycles. The Bertz CT molecular complexity index is 426. The zero-order chi connectivity index (χ0) is 18.3. The first-order valence-corrected chi connectivity index (χ1v) is 11.0. The maximum absolute atomic E-state index is 10.3. The van der Waals surface area contributed by atoms with Crippen molar-refractivity contribution in [2.75, 3.05) is 0 Å². The van der Waals surface area contributed by atoms with Crippen LogP contribution < -0.4 is 0 Å². The molecule has 0 aliphatic carbocycles. The highest BCUT2D eigenvalue weighted by atomic mass is 16.3. The Morgan fingerprint density at radius 2 is 1.28 bits per heavy atom. The highest BCUT2D eigenvalue weighted by molar-refractivity contribution is 5.35. The number of benzene rings is 1. The second kappa shape index (κ2) is 14.2. The molecule has 0 spiro atoms. The second-order valence-corrected chi connectivity index (χ2v) is 7.90. The summed E-state index contributed by atoms with van der Waals surface area (Å²) in [6.07, 6.45) is 17.5. The highest BCUT2D eigenvalue weighted by Crippen LogP contribution is 2.37. The number of hydrogen-bond acceptors (Lipinski definition) is 1. The van der Waals surface area contributed by atoms with Gasteiger partial charge in [-0.1, -0.05) is 116 Å². The standard InChI is InChI=1S/C24H42O/c1-4-6-8-9-10-11-12-13-14-18-22(21(3)17-7-5-2)23-19-15-16-20-24(23)25/h15-16,19-22,25H,4-14,17-18H2,1-3H3. The van der Waals surface area contributed by atoms with Gasteiger partial charge in [0.05, 0.1) is 0 Å². The fourth-order valence-electron chi connectivity index (χ4n) is 3.95. The lowest BCUT2D eigenvalue weighted by Gasteiger charge is -2.25. The summed E-state index contributed by atoms with van der Waals surface area (Å²) in [5, 5.41) is 10.3. The molecule has 0 aliphatic rings. The summed E-state index contributed by atoms with van der Waals surface area (Å²) >= 11 is 0. The second-order valence-electron chi connectivity index (χ2n) is 7.90. The Kier molecular flexibility index (Phi) is 12.5. The Labute approximate surface area is 157 Å². The maximum atomic E-state index is 10.3. The molecule has 0 heterocycles. The number of phenols is 1. The van der Waals surface area contributed by atoms with Crippen molar-refractivity contribution in [3.8, 4) is 5.75 Å². The lowest BCUT2D eigenvalue weighted by Crippen LogP contribution is -2.10. The molecule has 2 unspecified atom stereocenters. The summed E-state index contributed by atoms with van der Waals surface area (Å²) in [6.45, 7) is 6.92. The lowest BCUT2D eigenvalue weighted by molar-refractivity contribution is 0.368. The van der Waals surface area contributed by atoms with Gasteiger partial charge >= 0.3 is 0 Å². The third-order valence-corrected chi connectivity index (χ3v) is 5.65. The number of aromatic hydroxyl groups is 1. The van der Waals surface area contributed by atoms with Gasteiger partial charge in [-0.05, 0) is 29.9 Å². The van der Waals surface area contributed by atoms with E-state index in [2.05, 4.69) is 32.9 Å². The van der Waals surface area contributed by atoms with E-state index in [1.54, 1.807) is 0 Å². The quantitative estimate of drug-likeness (QED) is 0.317. The minimum atomic E-state index is 0.492. The van der Waals surface area contributed by atoms with Crippen LogP contribution in [0.4, 0.5) is 0 Å². The molecule has 0 radical (unpaired) electrons. The molecule has 1 aromatic carbocycles. The molecule has 1 aromatic rings. The molecule has 1 heteroatoms. The molecule has 1 rings (SSSR count). The fourth-order valence-corrected chi connectivity index (χ4v) is 3.95. The van der Waals surface area contributed by atoms with Crippen LogP contribution in [0.2, 0.25) is 0 Å². The Balaban J connectivity index is 2.38. The first kappa shape index (κ1) is 22.1. The van der Waals surface area contributed by atoms with Gasteiger partial charge in [-0.25, -0.2) is 0 Å². The van der Waals surface area contributed by atoms with Crippen LogP contribution in [0, 0.1) is 5.92 Å². The summed E-state index contributed by atoms with van der Waals surface area (Å²) in [6, 6.07) is 8.00. The molecule has 144 valence electrons. The van der Waals surface area contributed by atoms with E-state index in [1.165, 1.54) is 89.0 Å². The molecule has 0 aromatic heterocycles. The van der Waals surface area contributed by atoms with Crippen LogP contribution in [0.3, 0.4) is 0 Å². The summed E-state index contributed by atoms with van der Waals surface area (Å²) in [7, 11) is 0. The van der Waals surface area contributed by atoms with E-state index in [0.29, 0.717) is 17.6 Å². The van der Waals surface area contributed by atoms with E-state index in [1.807, 2.05) is 12.1 Å². The van der Waals surface area contributed by atoms with Crippen molar-refractivity contribution < 1.29 is 5.11 Å². The van der Waals surface area contributed by atoms with Gasteiger partial charge in [0.15, 0.2) is 0 Å². The van der Waals surface area contributed by atoms with E-state index in [9.17, 15) is 5.11 Å². The molecule has 2 atom stereocenters. The van der Waals surface area contributed by atoms with Gasteiger partial charge in [0.1, 0.15) is 5.75 Å². The predicted molar refractivity (Wildman–Crippen MR) is 111 cm³/mol. The third kappa shape index (κ3) is 9.33. The Morgan fingerprint density at radius 1 is 0.720 bits per heavy atom. The van der Waals surface area contributed by atoms with Crippen molar-refractivity contribution in [2.45, 2.75) is 110 Å². The van der Waals surface area contributed by atoms with Crippen LogP contribution in [0.15, 0.2) is 24.3 Å². The van der Waals surface area contributed by atoms with Crippen LogP contribution in [0.5, 0.6) is 5.75 Å². The van der Waals surface area contributed by atoms with Crippen molar-refractivity contribution >= 4 is 0 Å². The van der Waals surface area contributed by atoms with Crippen molar-refractivity contribution in [2.24, 2.45) is 5.92 Å². The molecular formula is C24H42O. The first-order valence-electron chi connectivity index (χ1n) is 11.0. The zero-order valence-corrected chi connectivity index (χ0v) is 17.1. The van der Waals surface area contributed by atoms with Crippen molar-refractivity contribution in [1.29, 1.82) is 0 Å². The molecule has 0 bridgehead atoms. The van der Waals surface area contributed by atoms with E-state index < -0.39 is 0 Å². The van der Waals surface area contributed by atoms with Gasteiger partial charge < -0.3 is 5.11 Å². The average Bonchev–Trinajstić information content (AvgIpc) is 2.62. The summed E-state index contributed by atoms with van der Waals surface area (Å²) in [5.74, 6) is 1.66. The van der Waals surface area contributed by atoms with Crippen molar-refractivity contribution in [1.82, 2.24) is 0 Å². The number of rotatable bonds is 15. The number of hydrogen-bond donors (Lipinski definition) is 1. The maximum Gasteiger partial charge on any atom is 0.119 e. The molecule has 0 saturated heterocycles. The molecule has 0 saturated carbocycles. The van der Waals surface area contributed by atoms with Gasteiger partial charge in [0.2, 0.25) is 0 Å². The van der Waals surface area contributed by atoms with Crippen LogP contribution in [-0.2, 0) is 0 Å². The van der Waals surface area contributed by atoms with Crippen LogP contribution in [0.1, 0.15) is 116 Å². The number of para-hydroxylation sites is 1. The lowest BCUT2D eigenvalue weighted by atomic mass is 9.80. The normalized spacial score (nSPS) is 13.7. The summed E-state index contributed by atoms with van der Waals surface area (Å²) in [5.41, 5.74) is 1.17. The van der Waals surface area contributed by atoms with E-state index >= 15 is 0 Å². The molecule has 25 heavy (non-hydrogen) atoms. The number of phenolic OH excluding ortho intramolecular Hbond substituents is 1. The van der Waals surface area contributed by atoms with E-state index in [0.717, 1.165) is 0 Å². The molecule has 1 N–H and O–H groups in total. The average molecular weight is 347 g/mol. The van der Waals surface area contributed by atoms with Gasteiger partial charge in [-0.3, -0.25) is 0 Å². The topological polar surface area (TPSA) is 20.2 Å². The van der Waals surface area contributed by atoms with Crippen LogP contribution in [-0.4, -0.2) is 5.11 Å². The minimum Gasteiger partial charge on any atom is -0.508 e. The van der Waals surface area contributed by atoms with Gasteiger partial charge in [-0.15, -0.1) is 0 Å². The van der Waals surface area contributed by atoms with Crippen molar-refractivity contribution in [3.05, 3.63) is 29.8 Å². The third-order valence-electron chi connectivity index (χ3n) is 5.65. The Hall–Kier alpha value is -0.980. The monoisotopic (exact) mass is 346 g/mol. The zero-order valence-electron chi connectivity index (χ0n) is 17.1. The smallest absolute Gasteiger partial charge is 0.119 e. The van der Waals surface area contributed by atoms with Crippen molar-refractivity contribution in [3.63, 3.8) is 0 Å². The largest absolute Gasteiger partial charge is 0.508 e. The summed E-state index contributed by atoms with van der Waals surface area (Å²) < 4.78 is 0. The molecule has 0 amide bonds. The van der Waals surface area contributed by atoms with Crippen LogP contribution in [0.25, 0.3) is 0 Å². The SMILES string of the molecule is CCCCCCCCCCCC(c1ccccc1O)C(C)CCCC. The van der Waals surface area contributed by atoms with Gasteiger partial charge in [0, 0.05) is 0 Å². The highest BCUT2D eigenvalue weighted by Gasteiger charge is 2.21. The number of unbranched alkanes of at least 4 members (excludes halogenated alkanes) is 9. The molecular weight excluding hydrogens is 304 g/mol. The fraction of sp³-hybridized carbons (Fsp3) is 0.750. The van der Waals surface area contributed by atoms with Gasteiger partial charge in [-0.2, -0.15) is 0 Å². The van der Waals surface area contributed by atoms with E-state index in [4.69, 9.17) is 0 Å². The first-order chi connectivity index (χ1) is 12.2.